The molecule has 0 aromatic heterocycles. The van der Waals surface area contributed by atoms with Crippen LogP contribution in [0.15, 0.2) is 0 Å². The first-order valence-corrected chi connectivity index (χ1v) is 56.6. The summed E-state index contributed by atoms with van der Waals surface area (Å²) >= 11 is 0. The maximum atomic E-state index is 9.60. The first-order chi connectivity index (χ1) is 61.4. The number of rotatable bonds is 108. The molecule has 4 N–H and O–H groups in total. The molecule has 0 aliphatic carbocycles. The topological polar surface area (TPSA) is 155 Å². The number of ether oxygens (including phenoxy) is 8. The van der Waals surface area contributed by atoms with E-state index in [1.54, 1.807) is 0 Å². The molecule has 4 unspecified atom stereocenters. The first-order valence-electron chi connectivity index (χ1n) is 56.6. The highest BCUT2D eigenvalue weighted by molar-refractivity contribution is 4.62. The minimum atomic E-state index is -0.151. The van der Waals surface area contributed by atoms with Crippen LogP contribution in [0.25, 0.3) is 0 Å². The highest BCUT2D eigenvalue weighted by Gasteiger charge is 2.13. The van der Waals surface area contributed by atoms with Gasteiger partial charge in [0.05, 0.1) is 52.9 Å². The summed E-state index contributed by atoms with van der Waals surface area (Å²) in [6, 6.07) is 0. The molecule has 0 heterocycles. The molecule has 0 aliphatic rings. The Morgan fingerprint density at radius 3 is 0.306 bits per heavy atom. The van der Waals surface area contributed by atoms with E-state index in [0.29, 0.717) is 26.4 Å². The first kappa shape index (κ1) is 130. The molecule has 0 saturated heterocycles. The zero-order valence-electron chi connectivity index (χ0n) is 86.1. The van der Waals surface area contributed by atoms with Gasteiger partial charge in [0.15, 0.2) is 0 Å². The van der Waals surface area contributed by atoms with Gasteiger partial charge in [0, 0.05) is 52.9 Å². The number of hydrogen-bond donors (Lipinski definition) is 4. The van der Waals surface area contributed by atoms with Crippen molar-refractivity contribution in [2.24, 2.45) is 0 Å². The molecule has 0 aromatic carbocycles. The van der Waals surface area contributed by atoms with E-state index in [2.05, 4.69) is 55.4 Å². The van der Waals surface area contributed by atoms with Crippen LogP contribution in [0, 0.1) is 0 Å². The molecule has 0 rings (SSSR count). The summed E-state index contributed by atoms with van der Waals surface area (Å²) in [5.41, 5.74) is 0. The van der Waals surface area contributed by atoms with Gasteiger partial charge in [0.1, 0.15) is 24.4 Å². The molecule has 0 spiro atoms. The Bertz CT molecular complexity index is 1710. The van der Waals surface area contributed by atoms with Crippen molar-refractivity contribution < 1.29 is 58.3 Å². The van der Waals surface area contributed by atoms with Crippen molar-refractivity contribution in [2.45, 2.75) is 619 Å². The lowest BCUT2D eigenvalue weighted by Crippen LogP contribution is -2.24. The summed E-state index contributed by atoms with van der Waals surface area (Å²) in [4.78, 5) is 0. The lowest BCUT2D eigenvalue weighted by atomic mass is 10.0. The Morgan fingerprint density at radius 2 is 0.210 bits per heavy atom. The van der Waals surface area contributed by atoms with Gasteiger partial charge in [0.2, 0.25) is 0 Å². The summed E-state index contributed by atoms with van der Waals surface area (Å²) in [5.74, 6) is 0. The average Bonchev–Trinajstić information content (AvgIpc) is 1.03. The lowest BCUT2D eigenvalue weighted by Gasteiger charge is -2.15. The molecule has 12 nitrogen and oxygen atoms in total. The molecule has 0 bridgehead atoms. The molecule has 0 saturated carbocycles. The number of unbranched alkanes of at least 4 members (excludes halogenated alkanes) is 76. The van der Waals surface area contributed by atoms with Crippen molar-refractivity contribution in [3.63, 3.8) is 0 Å². The second kappa shape index (κ2) is 127. The van der Waals surface area contributed by atoms with Crippen LogP contribution in [0.1, 0.15) is 595 Å². The Labute approximate surface area is 778 Å². The van der Waals surface area contributed by atoms with Gasteiger partial charge in [-0.25, -0.2) is 0 Å². The molecule has 4 atom stereocenters. The van der Waals surface area contributed by atoms with Crippen molar-refractivity contribution in [1.29, 1.82) is 0 Å². The molecule has 0 aliphatic heterocycles. The van der Waals surface area contributed by atoms with E-state index >= 15 is 0 Å². The quantitative estimate of drug-likeness (QED) is 0.0429. The van der Waals surface area contributed by atoms with Gasteiger partial charge in [-0.15, -0.1) is 0 Å². The van der Waals surface area contributed by atoms with Gasteiger partial charge in [-0.2, -0.15) is 0 Å². The highest BCUT2D eigenvalue weighted by atomic mass is 16.6. The molecule has 752 valence electrons. The van der Waals surface area contributed by atoms with Crippen molar-refractivity contribution >= 4 is 0 Å². The second-order valence-corrected chi connectivity index (χ2v) is 37.9. The predicted molar refractivity (Wildman–Crippen MR) is 544 cm³/mol. The Kier molecular flexibility index (Phi) is 133. The molecule has 0 aromatic rings. The zero-order valence-corrected chi connectivity index (χ0v) is 86.1. The monoisotopic (exact) mass is 1770 g/mol. The zero-order chi connectivity index (χ0) is 90.7. The van der Waals surface area contributed by atoms with Gasteiger partial charge >= 0.3 is 0 Å². The Balaban J connectivity index is -0.000000797. The molecule has 124 heavy (non-hydrogen) atoms. The summed E-state index contributed by atoms with van der Waals surface area (Å²) in [6.45, 7) is 26.7. The van der Waals surface area contributed by atoms with E-state index in [1.807, 2.05) is 0 Å². The average molecular weight is 1770 g/mol. The largest absolute Gasteiger partial charge is 0.394 e. The molecule has 12 heteroatoms. The maximum Gasteiger partial charge on any atom is 0.104 e. The summed E-state index contributed by atoms with van der Waals surface area (Å²) < 4.78 is 46.0. The van der Waals surface area contributed by atoms with Crippen molar-refractivity contribution in [3.8, 4) is 0 Å². The molecular weight excluding hydrogens is 1540 g/mol. The van der Waals surface area contributed by atoms with E-state index in [1.165, 1.54) is 488 Å². The Morgan fingerprint density at radius 1 is 0.121 bits per heavy atom. The van der Waals surface area contributed by atoms with Crippen LogP contribution in [0.5, 0.6) is 0 Å². The molecule has 0 fully saturated rings. The van der Waals surface area contributed by atoms with Crippen molar-refractivity contribution in [3.05, 3.63) is 0 Å². The van der Waals surface area contributed by atoms with Crippen molar-refractivity contribution in [2.75, 3.05) is 106 Å². The van der Waals surface area contributed by atoms with Crippen LogP contribution in [0.4, 0.5) is 0 Å². The SMILES string of the molecule is CCCCCCCCCCCCCCCCCCOCC(CO)OCCCCCCCCCCCCCCCCCC.CCCCCCCCCCCCCCOCC(CO)OCCCCCCCCCCCCCC.CCCCCCCCCCOCC(CO)OCCCCCCCCCC.CCCCCCCCOCC(CO)OCCCCCCCC. The lowest BCUT2D eigenvalue weighted by molar-refractivity contribution is -0.0437. The van der Waals surface area contributed by atoms with Crippen LogP contribution < -0.4 is 0 Å². The minimum absolute atomic E-state index is 0.0618. The molecule has 0 radical (unpaired) electrons. The fourth-order valence-electron chi connectivity index (χ4n) is 16.3. The van der Waals surface area contributed by atoms with E-state index in [9.17, 15) is 20.4 Å². The Hall–Kier alpha value is -0.480. The minimum Gasteiger partial charge on any atom is -0.394 e. The van der Waals surface area contributed by atoms with Crippen LogP contribution in [0.2, 0.25) is 0 Å². The van der Waals surface area contributed by atoms with E-state index in [0.717, 1.165) is 104 Å². The smallest absolute Gasteiger partial charge is 0.104 e. The van der Waals surface area contributed by atoms with Crippen molar-refractivity contribution in [1.82, 2.24) is 0 Å². The van der Waals surface area contributed by atoms with Gasteiger partial charge in [-0.05, 0) is 51.4 Å². The van der Waals surface area contributed by atoms with E-state index in [4.69, 9.17) is 37.9 Å². The number of aliphatic hydroxyl groups is 4. The van der Waals surface area contributed by atoms with Gasteiger partial charge in [-0.3, -0.25) is 0 Å². The second-order valence-electron chi connectivity index (χ2n) is 37.9. The fraction of sp³-hybridized carbons (Fsp3) is 1.00. The third-order valence-electron chi connectivity index (χ3n) is 25.0. The van der Waals surface area contributed by atoms with Gasteiger partial charge in [0.25, 0.3) is 0 Å². The van der Waals surface area contributed by atoms with Crippen LogP contribution in [-0.4, -0.2) is 151 Å². The summed E-state index contributed by atoms with van der Waals surface area (Å²) in [7, 11) is 0. The van der Waals surface area contributed by atoms with E-state index < -0.39 is 0 Å². The summed E-state index contributed by atoms with van der Waals surface area (Å²) in [6.07, 6.45) is 113. The fourth-order valence-corrected chi connectivity index (χ4v) is 16.3. The number of aliphatic hydroxyl groups excluding tert-OH is 4. The third kappa shape index (κ3) is 124. The summed E-state index contributed by atoms with van der Waals surface area (Å²) in [5, 5.41) is 37.8. The normalized spacial score (nSPS) is 12.5. The molecular formula is C112H232O12. The standard InChI is InChI=1S/C39H80O3.C31H64O3.C23H48O3.C19H40O3/c1-3-5-7-9-11-13-15-17-19-21-23-25-27-29-31-33-35-41-38-39(37-40)42-36-34-32-30-28-26-24-22-20-18-16-14-12-10-8-6-4-2;1-3-5-7-9-11-13-15-17-19-21-23-25-27-33-30-31(29-32)34-28-26-24-22-20-18-16-14-12-10-8-6-4-2;1-3-5-7-9-11-13-15-17-19-25-22-23(21-24)26-20-18-16-14-12-10-8-6-4-2;1-3-5-7-9-11-13-15-21-18-19(17-20)22-16-14-12-10-8-6-4-2/h39-40H,3-38H2,1-2H3;31-32H,3-30H2,1-2H3;23-24H,3-22H2,1-2H3;19-20H,3-18H2,1-2H3. The van der Waals surface area contributed by atoms with Crippen LogP contribution in [-0.2, 0) is 37.9 Å². The predicted octanol–water partition coefficient (Wildman–Crippen LogP) is 34.4. The van der Waals surface area contributed by atoms with Crippen LogP contribution >= 0.6 is 0 Å². The van der Waals surface area contributed by atoms with E-state index in [-0.39, 0.29) is 50.8 Å². The van der Waals surface area contributed by atoms with Crippen LogP contribution in [0.3, 0.4) is 0 Å². The third-order valence-corrected chi connectivity index (χ3v) is 25.0. The number of hydrogen-bond acceptors (Lipinski definition) is 12. The van der Waals surface area contributed by atoms with Gasteiger partial charge < -0.3 is 58.3 Å². The maximum absolute atomic E-state index is 9.60. The molecule has 0 amide bonds. The highest BCUT2D eigenvalue weighted by Crippen LogP contribution is 2.21. The van der Waals surface area contributed by atoms with Gasteiger partial charge in [-0.1, -0.05) is 543 Å².